The maximum Gasteiger partial charge on any atom is 0.450 e. The zero-order chi connectivity index (χ0) is 15.5. The minimum atomic E-state index is -4.88. The van der Waals surface area contributed by atoms with Gasteiger partial charge < -0.3 is 5.43 Å². The van der Waals surface area contributed by atoms with Gasteiger partial charge in [-0.2, -0.15) is 13.2 Å². The lowest BCUT2D eigenvalue weighted by molar-refractivity contribution is -0.174. The first kappa shape index (κ1) is 15.0. The van der Waals surface area contributed by atoms with E-state index in [1.807, 2.05) is 0 Å². The van der Waals surface area contributed by atoms with E-state index in [0.29, 0.717) is 12.0 Å². The van der Waals surface area contributed by atoms with E-state index >= 15 is 0 Å². The number of rotatable bonds is 4. The molecule has 0 saturated carbocycles. The Morgan fingerprint density at radius 3 is 2.52 bits per heavy atom. The fourth-order valence-electron chi connectivity index (χ4n) is 2.02. The smallest absolute Gasteiger partial charge is 0.302 e. The first-order valence-corrected chi connectivity index (χ1v) is 6.17. The molecule has 1 aliphatic rings. The third-order valence-corrected chi connectivity index (χ3v) is 3.05. The maximum atomic E-state index is 12.4. The Kier molecular flexibility index (Phi) is 4.25. The monoisotopic (exact) mass is 299 g/mol. The van der Waals surface area contributed by atoms with Gasteiger partial charge in [0.15, 0.2) is 0 Å². The number of carbonyl (C=O) groups excluding carboxylic acids is 2. The van der Waals surface area contributed by atoms with Gasteiger partial charge in [-0.25, -0.2) is 0 Å². The predicted molar refractivity (Wildman–Crippen MR) is 66.7 cm³/mol. The molecule has 0 unspecified atom stereocenters. The molecule has 0 fully saturated rings. The van der Waals surface area contributed by atoms with E-state index in [-0.39, 0.29) is 12.1 Å². The lowest BCUT2D eigenvalue weighted by Gasteiger charge is -2.17. The van der Waals surface area contributed by atoms with Crippen LogP contribution in [0.3, 0.4) is 0 Å². The summed E-state index contributed by atoms with van der Waals surface area (Å²) in [6, 6.07) is 2.91. The highest BCUT2D eigenvalue weighted by Crippen LogP contribution is 2.31. The molecule has 1 aromatic rings. The number of halogens is 3. The molecule has 0 bridgehead atoms. The number of ketones is 1. The standard InChI is InChI=1S/C13H12F3N3O2/c14-13(15,16)11(20)9-2-1-3-10(9)18-19-12(21)8-4-6-17-7-5-8/h3-7,9,18H,1-2H2,(H,19,21)/t9-/m1/s1. The van der Waals surface area contributed by atoms with Gasteiger partial charge in [-0.3, -0.25) is 20.0 Å². The van der Waals surface area contributed by atoms with Gasteiger partial charge in [-0.05, 0) is 25.0 Å². The van der Waals surface area contributed by atoms with Gasteiger partial charge in [-0.1, -0.05) is 6.08 Å². The van der Waals surface area contributed by atoms with E-state index in [1.165, 1.54) is 30.6 Å². The number of Topliss-reactive ketones (excluding diaryl/α,β-unsaturated/α-hetero) is 1. The second kappa shape index (κ2) is 5.94. The molecule has 0 aliphatic heterocycles. The number of pyridine rings is 1. The zero-order valence-electron chi connectivity index (χ0n) is 10.8. The predicted octanol–water partition coefficient (Wildman–Crippen LogP) is 1.74. The number of carbonyl (C=O) groups is 2. The molecule has 0 saturated heterocycles. The summed E-state index contributed by atoms with van der Waals surface area (Å²) in [6.45, 7) is 0. The van der Waals surface area contributed by atoms with Crippen LogP contribution in [0.15, 0.2) is 36.3 Å². The number of hydrogen-bond donors (Lipinski definition) is 2. The molecule has 21 heavy (non-hydrogen) atoms. The second-order valence-corrected chi connectivity index (χ2v) is 4.47. The molecule has 1 aliphatic carbocycles. The first-order chi connectivity index (χ1) is 9.89. The second-order valence-electron chi connectivity index (χ2n) is 4.47. The summed E-state index contributed by atoms with van der Waals surface area (Å²) in [4.78, 5) is 26.8. The Hall–Kier alpha value is -2.38. The van der Waals surface area contributed by atoms with Gasteiger partial charge in [-0.15, -0.1) is 0 Å². The van der Waals surface area contributed by atoms with E-state index in [9.17, 15) is 22.8 Å². The molecule has 2 rings (SSSR count). The van der Waals surface area contributed by atoms with Crippen LogP contribution in [0, 0.1) is 5.92 Å². The highest BCUT2D eigenvalue weighted by atomic mass is 19.4. The third kappa shape index (κ3) is 3.59. The lowest BCUT2D eigenvalue weighted by atomic mass is 10.0. The molecular formula is C13H12F3N3O2. The fourth-order valence-corrected chi connectivity index (χ4v) is 2.02. The van der Waals surface area contributed by atoms with Crippen LogP contribution >= 0.6 is 0 Å². The van der Waals surface area contributed by atoms with Gasteiger partial charge >= 0.3 is 6.18 Å². The van der Waals surface area contributed by atoms with Crippen LogP contribution in [0.25, 0.3) is 0 Å². The Balaban J connectivity index is 1.97. The Bertz CT molecular complexity index is 570. The number of nitrogens with zero attached hydrogens (tertiary/aromatic N) is 1. The fraction of sp³-hybridized carbons (Fsp3) is 0.308. The summed E-state index contributed by atoms with van der Waals surface area (Å²) in [5.74, 6) is -3.62. The van der Waals surface area contributed by atoms with Gasteiger partial charge in [0.25, 0.3) is 5.91 Å². The van der Waals surface area contributed by atoms with Crippen LogP contribution in [0.2, 0.25) is 0 Å². The molecule has 8 heteroatoms. The summed E-state index contributed by atoms with van der Waals surface area (Å²) in [7, 11) is 0. The zero-order valence-corrected chi connectivity index (χ0v) is 10.8. The normalized spacial score (nSPS) is 18.0. The van der Waals surface area contributed by atoms with Crippen LogP contribution in [0.5, 0.6) is 0 Å². The number of hydrogen-bond acceptors (Lipinski definition) is 4. The molecule has 1 aromatic heterocycles. The van der Waals surface area contributed by atoms with Crippen LogP contribution in [0.4, 0.5) is 13.2 Å². The van der Waals surface area contributed by atoms with Gasteiger partial charge in [0, 0.05) is 23.7 Å². The molecular weight excluding hydrogens is 287 g/mol. The van der Waals surface area contributed by atoms with E-state index in [1.54, 1.807) is 0 Å². The van der Waals surface area contributed by atoms with Gasteiger partial charge in [0.05, 0.1) is 5.92 Å². The Morgan fingerprint density at radius 2 is 1.90 bits per heavy atom. The van der Waals surface area contributed by atoms with Crippen molar-refractivity contribution in [1.82, 2.24) is 15.8 Å². The van der Waals surface area contributed by atoms with E-state index < -0.39 is 23.8 Å². The lowest BCUT2D eigenvalue weighted by Crippen LogP contribution is -2.41. The average Bonchev–Trinajstić information content (AvgIpc) is 2.92. The van der Waals surface area contributed by atoms with Crippen molar-refractivity contribution in [2.75, 3.05) is 0 Å². The van der Waals surface area contributed by atoms with Crippen LogP contribution in [-0.2, 0) is 4.79 Å². The molecule has 1 atom stereocenters. The summed E-state index contributed by atoms with van der Waals surface area (Å²) in [5, 5.41) is 0. The van der Waals surface area contributed by atoms with Gasteiger partial charge in [0.1, 0.15) is 0 Å². The van der Waals surface area contributed by atoms with E-state index in [4.69, 9.17) is 0 Å². The molecule has 112 valence electrons. The van der Waals surface area contributed by atoms with Crippen molar-refractivity contribution in [1.29, 1.82) is 0 Å². The quantitative estimate of drug-likeness (QED) is 0.831. The summed E-state index contributed by atoms with van der Waals surface area (Å²) in [5.41, 5.74) is 5.05. The van der Waals surface area contributed by atoms with Crippen molar-refractivity contribution in [2.45, 2.75) is 19.0 Å². The van der Waals surface area contributed by atoms with Crippen molar-refractivity contribution in [3.63, 3.8) is 0 Å². The van der Waals surface area contributed by atoms with Crippen molar-refractivity contribution in [3.05, 3.63) is 41.9 Å². The number of nitrogens with one attached hydrogen (secondary N) is 2. The first-order valence-electron chi connectivity index (χ1n) is 6.17. The van der Waals surface area contributed by atoms with Crippen LogP contribution < -0.4 is 10.9 Å². The largest absolute Gasteiger partial charge is 0.450 e. The minimum absolute atomic E-state index is 0.0692. The average molecular weight is 299 g/mol. The Labute approximate surface area is 118 Å². The number of amides is 1. The molecule has 5 nitrogen and oxygen atoms in total. The minimum Gasteiger partial charge on any atom is -0.302 e. The number of allylic oxidation sites excluding steroid dienone is 2. The number of hydrazine groups is 1. The van der Waals surface area contributed by atoms with E-state index in [2.05, 4.69) is 15.8 Å². The molecule has 0 aromatic carbocycles. The third-order valence-electron chi connectivity index (χ3n) is 3.05. The highest BCUT2D eigenvalue weighted by molar-refractivity contribution is 5.94. The van der Waals surface area contributed by atoms with Gasteiger partial charge in [0.2, 0.25) is 5.78 Å². The summed E-state index contributed by atoms with van der Waals surface area (Å²) in [6.07, 6.45) is -0.156. The summed E-state index contributed by atoms with van der Waals surface area (Å²) < 4.78 is 37.3. The van der Waals surface area contributed by atoms with Crippen LogP contribution in [0.1, 0.15) is 23.2 Å². The Morgan fingerprint density at radius 1 is 1.24 bits per heavy atom. The maximum absolute atomic E-state index is 12.4. The van der Waals surface area contributed by atoms with Crippen molar-refractivity contribution < 1.29 is 22.8 Å². The molecule has 1 heterocycles. The molecule has 0 spiro atoms. The summed E-state index contributed by atoms with van der Waals surface area (Å²) >= 11 is 0. The number of aromatic nitrogens is 1. The molecule has 0 radical (unpaired) electrons. The van der Waals surface area contributed by atoms with E-state index in [0.717, 1.165) is 0 Å². The SMILES string of the molecule is O=C(NNC1=CCC[C@H]1C(=O)C(F)(F)F)c1ccncc1. The number of alkyl halides is 3. The van der Waals surface area contributed by atoms with Crippen molar-refractivity contribution in [3.8, 4) is 0 Å². The van der Waals surface area contributed by atoms with Crippen LogP contribution in [-0.4, -0.2) is 22.9 Å². The topological polar surface area (TPSA) is 71.1 Å². The molecule has 1 amide bonds. The highest BCUT2D eigenvalue weighted by Gasteiger charge is 2.45. The van der Waals surface area contributed by atoms with Crippen molar-refractivity contribution in [2.24, 2.45) is 5.92 Å². The van der Waals surface area contributed by atoms with Crippen molar-refractivity contribution >= 4 is 11.7 Å². The molecule has 2 N–H and O–H groups in total.